The normalized spacial score (nSPS) is 7.88. The van der Waals surface area contributed by atoms with E-state index in [0.717, 1.165) is 12.3 Å². The first-order chi connectivity index (χ1) is 7.04. The molecule has 104 valence electrons. The standard InChI is InChI=1S/C10H20O2.2CH3.2H2S.Sn/c1-9(2)7-5-4-6-8-12-10(3)11;;;;;/h9H,4-8H2,1-3H3;2*1H3;2*1H2;/q;;;;;+2/p-2. The van der Waals surface area contributed by atoms with Crippen LogP contribution in [0.1, 0.15) is 46.5 Å². The fourth-order valence-corrected chi connectivity index (χ4v) is 1.05. The van der Waals surface area contributed by atoms with Crippen molar-refractivity contribution < 1.29 is 9.53 Å². The van der Waals surface area contributed by atoms with Crippen molar-refractivity contribution >= 4 is 54.1 Å². The van der Waals surface area contributed by atoms with Crippen molar-refractivity contribution in [3.63, 3.8) is 0 Å². The van der Waals surface area contributed by atoms with Crippen molar-refractivity contribution in [2.45, 2.75) is 56.3 Å². The average molecular weight is 387 g/mol. The molecule has 0 atom stereocenters. The number of unbranched alkanes of at least 4 members (excludes halogenated alkanes) is 2. The van der Waals surface area contributed by atoms with Gasteiger partial charge in [0.2, 0.25) is 0 Å². The Kier molecular flexibility index (Phi) is 34.6. The average Bonchev–Trinajstić information content (AvgIpc) is 2.11. The summed E-state index contributed by atoms with van der Waals surface area (Å²) >= 11 is 0.230. The molecule has 0 aliphatic heterocycles. The van der Waals surface area contributed by atoms with Crippen LogP contribution in [0, 0.1) is 5.92 Å². The van der Waals surface area contributed by atoms with Crippen LogP contribution in [0.3, 0.4) is 0 Å². The smallest absolute Gasteiger partial charge is 0.813 e. The molecule has 0 aromatic heterocycles. The third-order valence-corrected chi connectivity index (χ3v) is 1.73. The maximum Gasteiger partial charge on any atom is -0.813 e. The molecule has 0 bridgehead atoms. The van der Waals surface area contributed by atoms with Crippen molar-refractivity contribution in [2.75, 3.05) is 6.61 Å². The summed E-state index contributed by atoms with van der Waals surface area (Å²) in [4.78, 5) is 15.0. The van der Waals surface area contributed by atoms with Gasteiger partial charge < -0.3 is 31.7 Å². The minimum atomic E-state index is -0.168. The number of hydrogen-bond donors (Lipinski definition) is 0. The maximum absolute atomic E-state index is 10.4. The summed E-state index contributed by atoms with van der Waals surface area (Å²) in [5.74, 6) is 0.623. The predicted octanol–water partition coefficient (Wildman–Crippen LogP) is 3.01. The van der Waals surface area contributed by atoms with Gasteiger partial charge in [-0.25, -0.2) is 0 Å². The van der Waals surface area contributed by atoms with Crippen LogP contribution in [0.15, 0.2) is 0 Å². The van der Waals surface area contributed by atoms with Gasteiger partial charge in [-0.3, -0.25) is 4.79 Å². The Bertz CT molecular complexity index is 144. The fourth-order valence-electron chi connectivity index (χ4n) is 1.05. The molecule has 0 saturated heterocycles. The van der Waals surface area contributed by atoms with Crippen molar-refractivity contribution in [2.24, 2.45) is 5.92 Å². The zero-order valence-electron chi connectivity index (χ0n) is 11.8. The number of carbonyl (C=O) groups is 1. The zero-order chi connectivity index (χ0) is 12.1. The summed E-state index contributed by atoms with van der Waals surface area (Å²) < 4.78 is 4.81. The van der Waals surface area contributed by atoms with Gasteiger partial charge in [-0.05, 0) is 12.3 Å². The number of ether oxygens (including phenoxy) is 1. The van der Waals surface area contributed by atoms with E-state index in [1.165, 1.54) is 26.2 Å². The summed E-state index contributed by atoms with van der Waals surface area (Å²) in [5, 5.41) is 0. The van der Waals surface area contributed by atoms with Crippen molar-refractivity contribution in [3.8, 4) is 0 Å². The molecule has 2 nitrogen and oxygen atoms in total. The molecule has 17 heavy (non-hydrogen) atoms. The van der Waals surface area contributed by atoms with E-state index in [0.29, 0.717) is 6.61 Å². The second kappa shape index (κ2) is 22.2. The van der Waals surface area contributed by atoms with Gasteiger partial charge >= 0.3 is 37.0 Å². The molecule has 0 heterocycles. The molecule has 0 saturated carbocycles. The predicted molar refractivity (Wildman–Crippen MR) is 84.9 cm³/mol. The Balaban J connectivity index is -0.000000152. The number of esters is 1. The summed E-state index contributed by atoms with van der Waals surface area (Å²) in [5.41, 5.74) is 0. The minimum absolute atomic E-state index is 0. The first kappa shape index (κ1) is 26.5. The molecular formula is C12H28O2S2Sn. The molecule has 0 amide bonds. The van der Waals surface area contributed by atoms with Crippen LogP contribution in [0.4, 0.5) is 0 Å². The maximum atomic E-state index is 10.4. The summed E-state index contributed by atoms with van der Waals surface area (Å²) in [6.45, 7) is 6.50. The summed E-state index contributed by atoms with van der Waals surface area (Å²) in [7, 11) is 0. The summed E-state index contributed by atoms with van der Waals surface area (Å²) in [6.07, 6.45) is 4.71. The Morgan fingerprint density at radius 2 is 1.59 bits per heavy atom. The third kappa shape index (κ3) is 38.3. The van der Waals surface area contributed by atoms with E-state index in [2.05, 4.69) is 23.7 Å². The van der Waals surface area contributed by atoms with Crippen LogP contribution in [-0.2, 0) is 36.5 Å². The Morgan fingerprint density at radius 3 is 1.94 bits per heavy atom. The Morgan fingerprint density at radius 1 is 1.12 bits per heavy atom. The van der Waals surface area contributed by atoms with E-state index < -0.39 is 0 Å². The molecule has 0 aliphatic carbocycles. The molecule has 0 rings (SSSR count). The van der Waals surface area contributed by atoms with Crippen LogP contribution < -0.4 is 0 Å². The molecule has 0 N–H and O–H groups in total. The zero-order valence-corrected chi connectivity index (χ0v) is 16.5. The van der Waals surface area contributed by atoms with Gasteiger partial charge in [0.25, 0.3) is 0 Å². The third-order valence-electron chi connectivity index (χ3n) is 1.73. The Labute approximate surface area is 132 Å². The molecule has 0 fully saturated rings. The number of carbonyl (C=O) groups excluding carboxylic acids is 1. The quantitative estimate of drug-likeness (QED) is 0.230. The van der Waals surface area contributed by atoms with E-state index in [1.54, 1.807) is 0 Å². The van der Waals surface area contributed by atoms with Gasteiger partial charge in [-0.1, -0.05) is 33.1 Å². The molecular weight excluding hydrogens is 359 g/mol. The van der Waals surface area contributed by atoms with E-state index in [1.807, 2.05) is 0 Å². The van der Waals surface area contributed by atoms with Crippen molar-refractivity contribution in [1.29, 1.82) is 0 Å². The van der Waals surface area contributed by atoms with Gasteiger partial charge in [0.05, 0.1) is 6.61 Å². The Hall–Kier alpha value is 0.969. The monoisotopic (exact) mass is 388 g/mol. The first-order valence-electron chi connectivity index (χ1n) is 5.76. The molecule has 0 aromatic carbocycles. The van der Waals surface area contributed by atoms with Crippen molar-refractivity contribution in [1.82, 2.24) is 0 Å². The van der Waals surface area contributed by atoms with Crippen LogP contribution in [-0.4, -0.2) is 33.7 Å². The van der Waals surface area contributed by atoms with E-state index >= 15 is 0 Å². The molecule has 0 spiro atoms. The van der Waals surface area contributed by atoms with Crippen molar-refractivity contribution in [3.05, 3.63) is 0 Å². The second-order valence-electron chi connectivity index (χ2n) is 4.08. The summed E-state index contributed by atoms with van der Waals surface area (Å²) in [6, 6.07) is 0. The number of rotatable bonds is 6. The van der Waals surface area contributed by atoms with Crippen LogP contribution in [0.2, 0.25) is 9.88 Å². The number of thiol groups is 2. The fraction of sp³-hybridized carbons (Fsp3) is 0.917. The van der Waals surface area contributed by atoms with Gasteiger partial charge in [0.15, 0.2) is 0 Å². The SMILES string of the molecule is CC(=O)OCCCCCC(C)C.[CH3][Sn+2][CH3].[SH-].[SH-]. The topological polar surface area (TPSA) is 26.3 Å². The van der Waals surface area contributed by atoms with Gasteiger partial charge in [0.1, 0.15) is 0 Å². The minimum Gasteiger partial charge on any atom is -0.813 e. The molecule has 5 heteroatoms. The van der Waals surface area contributed by atoms with Gasteiger partial charge in [0, 0.05) is 6.92 Å². The number of hydrogen-bond acceptors (Lipinski definition) is 4. The molecule has 0 unspecified atom stereocenters. The van der Waals surface area contributed by atoms with Gasteiger partial charge in [-0.15, -0.1) is 0 Å². The first-order valence-corrected chi connectivity index (χ1v) is 11.5. The van der Waals surface area contributed by atoms with E-state index in [4.69, 9.17) is 4.74 Å². The van der Waals surface area contributed by atoms with E-state index in [-0.39, 0.29) is 54.1 Å². The van der Waals surface area contributed by atoms with E-state index in [9.17, 15) is 4.79 Å². The molecule has 0 aliphatic rings. The van der Waals surface area contributed by atoms with Crippen LogP contribution in [0.25, 0.3) is 0 Å². The largest absolute Gasteiger partial charge is 0.813 e. The molecule has 0 radical (unpaired) electrons. The second-order valence-corrected chi connectivity index (χ2v) is 6.94. The van der Waals surface area contributed by atoms with Crippen LogP contribution in [0.5, 0.6) is 0 Å². The van der Waals surface area contributed by atoms with Gasteiger partial charge in [-0.2, -0.15) is 0 Å². The van der Waals surface area contributed by atoms with Crippen LogP contribution >= 0.6 is 0 Å². The molecule has 0 aromatic rings.